The number of benzene rings is 1. The SMILES string of the molecule is OC[C@@H](O)C(O)Cc1ccccc1. The highest BCUT2D eigenvalue weighted by Gasteiger charge is 2.14. The molecule has 3 nitrogen and oxygen atoms in total. The lowest BCUT2D eigenvalue weighted by atomic mass is 10.0. The summed E-state index contributed by atoms with van der Waals surface area (Å²) in [6.45, 7) is -0.409. The molecule has 0 aromatic heterocycles. The van der Waals surface area contributed by atoms with Gasteiger partial charge in [-0.2, -0.15) is 0 Å². The maximum Gasteiger partial charge on any atom is 0.103 e. The molecule has 0 amide bonds. The minimum absolute atomic E-state index is 0.364. The molecule has 0 saturated heterocycles. The Kier molecular flexibility index (Phi) is 3.89. The zero-order valence-corrected chi connectivity index (χ0v) is 7.30. The normalized spacial score (nSPS) is 15.3. The average molecular weight is 182 g/mol. The van der Waals surface area contributed by atoms with Gasteiger partial charge in [-0.3, -0.25) is 0 Å². The third-order valence-electron chi connectivity index (χ3n) is 1.92. The van der Waals surface area contributed by atoms with Gasteiger partial charge in [-0.1, -0.05) is 30.3 Å². The molecule has 2 atom stereocenters. The van der Waals surface area contributed by atoms with Crippen LogP contribution in [0.15, 0.2) is 30.3 Å². The van der Waals surface area contributed by atoms with Crippen LogP contribution in [-0.2, 0) is 6.42 Å². The molecule has 0 bridgehead atoms. The van der Waals surface area contributed by atoms with Crippen LogP contribution in [0.25, 0.3) is 0 Å². The first-order valence-electron chi connectivity index (χ1n) is 4.25. The maximum atomic E-state index is 9.36. The van der Waals surface area contributed by atoms with Crippen LogP contribution in [0.1, 0.15) is 5.56 Å². The van der Waals surface area contributed by atoms with Gasteiger partial charge < -0.3 is 15.3 Å². The molecule has 1 aromatic rings. The molecule has 3 heteroatoms. The minimum Gasteiger partial charge on any atom is -0.394 e. The molecular weight excluding hydrogens is 168 g/mol. The van der Waals surface area contributed by atoms with E-state index in [-0.39, 0.29) is 0 Å². The Balaban J connectivity index is 2.50. The number of hydrogen-bond acceptors (Lipinski definition) is 3. The molecule has 1 rings (SSSR count). The van der Waals surface area contributed by atoms with E-state index in [1.807, 2.05) is 30.3 Å². The quantitative estimate of drug-likeness (QED) is 0.611. The van der Waals surface area contributed by atoms with Crippen molar-refractivity contribution >= 4 is 0 Å². The number of aliphatic hydroxyl groups is 3. The summed E-state index contributed by atoms with van der Waals surface area (Å²) in [7, 11) is 0. The van der Waals surface area contributed by atoms with Crippen LogP contribution in [0.4, 0.5) is 0 Å². The smallest absolute Gasteiger partial charge is 0.103 e. The number of aliphatic hydroxyl groups excluding tert-OH is 3. The lowest BCUT2D eigenvalue weighted by Crippen LogP contribution is -2.30. The van der Waals surface area contributed by atoms with E-state index >= 15 is 0 Å². The molecule has 72 valence electrons. The van der Waals surface area contributed by atoms with Gasteiger partial charge in [-0.15, -0.1) is 0 Å². The first-order chi connectivity index (χ1) is 6.24. The van der Waals surface area contributed by atoms with Gasteiger partial charge in [0.15, 0.2) is 0 Å². The van der Waals surface area contributed by atoms with Crippen LogP contribution in [0.5, 0.6) is 0 Å². The fourth-order valence-corrected chi connectivity index (χ4v) is 1.11. The van der Waals surface area contributed by atoms with E-state index < -0.39 is 18.8 Å². The lowest BCUT2D eigenvalue weighted by Gasteiger charge is -2.15. The van der Waals surface area contributed by atoms with Crippen LogP contribution in [0.2, 0.25) is 0 Å². The second-order valence-electron chi connectivity index (χ2n) is 3.01. The van der Waals surface area contributed by atoms with Crippen LogP contribution >= 0.6 is 0 Å². The highest BCUT2D eigenvalue weighted by Crippen LogP contribution is 2.05. The van der Waals surface area contributed by atoms with Crippen molar-refractivity contribution in [1.82, 2.24) is 0 Å². The van der Waals surface area contributed by atoms with E-state index in [0.29, 0.717) is 6.42 Å². The van der Waals surface area contributed by atoms with Gasteiger partial charge in [0.1, 0.15) is 6.10 Å². The zero-order valence-electron chi connectivity index (χ0n) is 7.30. The van der Waals surface area contributed by atoms with Crippen molar-refractivity contribution in [2.24, 2.45) is 0 Å². The van der Waals surface area contributed by atoms with Crippen molar-refractivity contribution in [3.63, 3.8) is 0 Å². The summed E-state index contributed by atoms with van der Waals surface area (Å²) in [5.74, 6) is 0. The van der Waals surface area contributed by atoms with Gasteiger partial charge in [-0.05, 0) is 5.56 Å². The Morgan fingerprint density at radius 3 is 2.15 bits per heavy atom. The Morgan fingerprint density at radius 1 is 1.00 bits per heavy atom. The van der Waals surface area contributed by atoms with Gasteiger partial charge in [0.2, 0.25) is 0 Å². The van der Waals surface area contributed by atoms with Crippen LogP contribution in [-0.4, -0.2) is 34.1 Å². The highest BCUT2D eigenvalue weighted by molar-refractivity contribution is 5.15. The molecule has 0 aliphatic heterocycles. The van der Waals surface area contributed by atoms with Crippen molar-refractivity contribution in [1.29, 1.82) is 0 Å². The average Bonchev–Trinajstić information content (AvgIpc) is 2.18. The van der Waals surface area contributed by atoms with Gasteiger partial charge in [0.25, 0.3) is 0 Å². The summed E-state index contributed by atoms with van der Waals surface area (Å²) in [5.41, 5.74) is 0.947. The fourth-order valence-electron chi connectivity index (χ4n) is 1.11. The van der Waals surface area contributed by atoms with Crippen molar-refractivity contribution in [2.75, 3.05) is 6.61 Å². The minimum atomic E-state index is -1.06. The fraction of sp³-hybridized carbons (Fsp3) is 0.400. The topological polar surface area (TPSA) is 60.7 Å². The van der Waals surface area contributed by atoms with Crippen molar-refractivity contribution in [3.8, 4) is 0 Å². The van der Waals surface area contributed by atoms with Crippen LogP contribution in [0, 0.1) is 0 Å². The predicted molar refractivity (Wildman–Crippen MR) is 49.2 cm³/mol. The van der Waals surface area contributed by atoms with Crippen molar-refractivity contribution in [3.05, 3.63) is 35.9 Å². The summed E-state index contributed by atoms with van der Waals surface area (Å²) in [6.07, 6.45) is -1.59. The molecule has 0 spiro atoms. The second kappa shape index (κ2) is 4.97. The molecule has 0 aliphatic rings. The highest BCUT2D eigenvalue weighted by atomic mass is 16.4. The van der Waals surface area contributed by atoms with E-state index in [4.69, 9.17) is 10.2 Å². The summed E-state index contributed by atoms with van der Waals surface area (Å²) in [6, 6.07) is 9.36. The molecule has 3 N–H and O–H groups in total. The standard InChI is InChI=1S/C10H14O3/c11-7-10(13)9(12)6-8-4-2-1-3-5-8/h1-5,9-13H,6-7H2/t9?,10-/m1/s1. The maximum absolute atomic E-state index is 9.36. The molecule has 0 saturated carbocycles. The molecular formula is C10H14O3. The Hall–Kier alpha value is -0.900. The Bertz CT molecular complexity index is 235. The molecule has 0 heterocycles. The van der Waals surface area contributed by atoms with E-state index in [2.05, 4.69) is 0 Å². The monoisotopic (exact) mass is 182 g/mol. The third-order valence-corrected chi connectivity index (χ3v) is 1.92. The summed E-state index contributed by atoms with van der Waals surface area (Å²) in [5, 5.41) is 27.0. The van der Waals surface area contributed by atoms with Gasteiger partial charge in [0.05, 0.1) is 12.7 Å². The second-order valence-corrected chi connectivity index (χ2v) is 3.01. The van der Waals surface area contributed by atoms with Gasteiger partial charge in [0, 0.05) is 6.42 Å². The van der Waals surface area contributed by atoms with Crippen molar-refractivity contribution < 1.29 is 15.3 Å². The van der Waals surface area contributed by atoms with Crippen molar-refractivity contribution in [2.45, 2.75) is 18.6 Å². The first-order valence-corrected chi connectivity index (χ1v) is 4.25. The van der Waals surface area contributed by atoms with Crippen LogP contribution in [0.3, 0.4) is 0 Å². The Labute approximate surface area is 77.3 Å². The van der Waals surface area contributed by atoms with Gasteiger partial charge >= 0.3 is 0 Å². The number of rotatable bonds is 4. The largest absolute Gasteiger partial charge is 0.394 e. The lowest BCUT2D eigenvalue weighted by molar-refractivity contribution is -0.0132. The van der Waals surface area contributed by atoms with E-state index in [9.17, 15) is 5.11 Å². The molecule has 13 heavy (non-hydrogen) atoms. The predicted octanol–water partition coefficient (Wildman–Crippen LogP) is -0.0568. The molecule has 0 aliphatic carbocycles. The third kappa shape index (κ3) is 3.14. The van der Waals surface area contributed by atoms with E-state index in [0.717, 1.165) is 5.56 Å². The molecule has 0 radical (unpaired) electrons. The summed E-state index contributed by atoms with van der Waals surface area (Å²) < 4.78 is 0. The summed E-state index contributed by atoms with van der Waals surface area (Å²) >= 11 is 0. The van der Waals surface area contributed by atoms with E-state index in [1.165, 1.54) is 0 Å². The molecule has 1 aromatic carbocycles. The van der Waals surface area contributed by atoms with Crippen LogP contribution < -0.4 is 0 Å². The first kappa shape index (κ1) is 10.2. The molecule has 1 unspecified atom stereocenters. The molecule has 0 fully saturated rings. The Morgan fingerprint density at radius 2 is 1.62 bits per heavy atom. The van der Waals surface area contributed by atoms with Gasteiger partial charge in [-0.25, -0.2) is 0 Å². The van der Waals surface area contributed by atoms with E-state index in [1.54, 1.807) is 0 Å². The summed E-state index contributed by atoms with van der Waals surface area (Å²) in [4.78, 5) is 0. The number of hydrogen-bond donors (Lipinski definition) is 3. The zero-order chi connectivity index (χ0) is 9.68.